The molecule has 1 heterocycles. The summed E-state index contributed by atoms with van der Waals surface area (Å²) in [5.74, 6) is 1.20. The highest BCUT2D eigenvalue weighted by atomic mass is 32.2. The van der Waals surface area contributed by atoms with Crippen LogP contribution in [0.25, 0.3) is 0 Å². The molecule has 0 bridgehead atoms. The second kappa shape index (κ2) is 5.98. The van der Waals surface area contributed by atoms with E-state index in [1.165, 1.54) is 4.90 Å². The van der Waals surface area contributed by atoms with Crippen LogP contribution in [-0.4, -0.2) is 65.1 Å². The van der Waals surface area contributed by atoms with Crippen molar-refractivity contribution in [1.29, 1.82) is 0 Å². The Bertz CT molecular complexity index is 267. The van der Waals surface area contributed by atoms with Gasteiger partial charge in [0.1, 0.15) is 0 Å². The lowest BCUT2D eigenvalue weighted by Crippen LogP contribution is -2.45. The first kappa shape index (κ1) is 13.2. The number of urea groups is 1. The Labute approximate surface area is 99.8 Å². The zero-order valence-electron chi connectivity index (χ0n) is 9.68. The van der Waals surface area contributed by atoms with E-state index in [0.29, 0.717) is 6.04 Å². The maximum absolute atomic E-state index is 11.9. The summed E-state index contributed by atoms with van der Waals surface area (Å²) in [5.41, 5.74) is 0. The predicted octanol–water partition coefficient (Wildman–Crippen LogP) is 0.950. The molecule has 0 aromatic rings. The summed E-state index contributed by atoms with van der Waals surface area (Å²) >= 11 is 1.85. The van der Waals surface area contributed by atoms with Gasteiger partial charge in [-0.25, -0.2) is 4.79 Å². The van der Waals surface area contributed by atoms with Crippen LogP contribution in [0.1, 0.15) is 12.8 Å². The largest absolute Gasteiger partial charge is 0.481 e. The molecule has 16 heavy (non-hydrogen) atoms. The van der Waals surface area contributed by atoms with E-state index >= 15 is 0 Å². The Kier molecular flexibility index (Phi) is 4.92. The Hall–Kier alpha value is -0.910. The van der Waals surface area contributed by atoms with Crippen molar-refractivity contribution < 1.29 is 14.7 Å². The number of nitrogens with zero attached hydrogens (tertiary/aromatic N) is 2. The van der Waals surface area contributed by atoms with Crippen molar-refractivity contribution in [3.63, 3.8) is 0 Å². The van der Waals surface area contributed by atoms with Gasteiger partial charge in [-0.1, -0.05) is 0 Å². The van der Waals surface area contributed by atoms with Crippen molar-refractivity contribution in [2.45, 2.75) is 18.9 Å². The SMILES string of the molecule is CN(CCC(=O)O)C(=O)N(C)C1CCSC1. The van der Waals surface area contributed by atoms with Crippen LogP contribution in [0.15, 0.2) is 0 Å². The number of hydrogen-bond donors (Lipinski definition) is 1. The van der Waals surface area contributed by atoms with Crippen LogP contribution < -0.4 is 0 Å². The summed E-state index contributed by atoms with van der Waals surface area (Å²) in [5, 5.41) is 8.54. The molecule has 1 atom stereocenters. The first-order valence-electron chi connectivity index (χ1n) is 5.30. The number of carbonyl (C=O) groups excluding carboxylic acids is 1. The Balaban J connectivity index is 2.39. The van der Waals surface area contributed by atoms with Crippen molar-refractivity contribution in [3.05, 3.63) is 0 Å². The summed E-state index contributed by atoms with van der Waals surface area (Å²) in [6.07, 6.45) is 1.02. The number of thioether (sulfide) groups is 1. The van der Waals surface area contributed by atoms with Gasteiger partial charge in [-0.3, -0.25) is 4.79 Å². The Morgan fingerprint density at radius 1 is 1.44 bits per heavy atom. The van der Waals surface area contributed by atoms with Gasteiger partial charge in [-0.2, -0.15) is 11.8 Å². The number of aliphatic carboxylic acids is 1. The lowest BCUT2D eigenvalue weighted by Gasteiger charge is -2.28. The molecule has 0 radical (unpaired) electrons. The van der Waals surface area contributed by atoms with E-state index in [2.05, 4.69) is 0 Å². The fourth-order valence-electron chi connectivity index (χ4n) is 1.61. The summed E-state index contributed by atoms with van der Waals surface area (Å²) in [4.78, 5) is 25.5. The van der Waals surface area contributed by atoms with Gasteiger partial charge in [-0.15, -0.1) is 0 Å². The number of carboxylic acid groups (broad SMARTS) is 1. The van der Waals surface area contributed by atoms with E-state index < -0.39 is 5.97 Å². The third kappa shape index (κ3) is 3.59. The van der Waals surface area contributed by atoms with E-state index in [1.54, 1.807) is 19.0 Å². The topological polar surface area (TPSA) is 60.9 Å². The molecule has 1 aliphatic rings. The summed E-state index contributed by atoms with van der Waals surface area (Å²) < 4.78 is 0. The second-order valence-electron chi connectivity index (χ2n) is 3.98. The Morgan fingerprint density at radius 3 is 2.62 bits per heavy atom. The molecule has 5 nitrogen and oxygen atoms in total. The lowest BCUT2D eigenvalue weighted by atomic mass is 10.2. The number of carbonyl (C=O) groups is 2. The molecule has 1 N–H and O–H groups in total. The van der Waals surface area contributed by atoms with Gasteiger partial charge in [0.25, 0.3) is 0 Å². The third-order valence-electron chi connectivity index (χ3n) is 2.74. The lowest BCUT2D eigenvalue weighted by molar-refractivity contribution is -0.137. The predicted molar refractivity (Wildman–Crippen MR) is 63.8 cm³/mol. The highest BCUT2D eigenvalue weighted by molar-refractivity contribution is 7.99. The van der Waals surface area contributed by atoms with Crippen LogP contribution in [0.2, 0.25) is 0 Å². The molecule has 0 aromatic heterocycles. The summed E-state index contributed by atoms with van der Waals surface area (Å²) in [7, 11) is 3.43. The Morgan fingerprint density at radius 2 is 2.12 bits per heavy atom. The molecule has 0 spiro atoms. The molecule has 1 rings (SSSR count). The van der Waals surface area contributed by atoms with Crippen LogP contribution >= 0.6 is 11.8 Å². The molecular weight excluding hydrogens is 228 g/mol. The van der Waals surface area contributed by atoms with Crippen molar-refractivity contribution >= 4 is 23.8 Å². The molecule has 1 unspecified atom stereocenters. The van der Waals surface area contributed by atoms with Gasteiger partial charge in [0, 0.05) is 32.4 Å². The molecule has 92 valence electrons. The van der Waals surface area contributed by atoms with Gasteiger partial charge in [0.2, 0.25) is 0 Å². The standard InChI is InChI=1S/C10H18N2O3S/c1-11(5-3-9(13)14)10(15)12(2)8-4-6-16-7-8/h8H,3-7H2,1-2H3,(H,13,14). The minimum Gasteiger partial charge on any atom is -0.481 e. The average Bonchev–Trinajstić information content (AvgIpc) is 2.77. The maximum atomic E-state index is 11.9. The zero-order chi connectivity index (χ0) is 12.1. The number of rotatable bonds is 4. The highest BCUT2D eigenvalue weighted by Crippen LogP contribution is 2.21. The van der Waals surface area contributed by atoms with Gasteiger partial charge in [0.05, 0.1) is 6.42 Å². The minimum absolute atomic E-state index is 0.00447. The zero-order valence-corrected chi connectivity index (χ0v) is 10.5. The van der Waals surface area contributed by atoms with Crippen molar-refractivity contribution in [2.24, 2.45) is 0 Å². The first-order valence-corrected chi connectivity index (χ1v) is 6.45. The van der Waals surface area contributed by atoms with E-state index in [9.17, 15) is 9.59 Å². The minimum atomic E-state index is -0.876. The monoisotopic (exact) mass is 246 g/mol. The maximum Gasteiger partial charge on any atom is 0.319 e. The fourth-order valence-corrected chi connectivity index (χ4v) is 2.88. The van der Waals surface area contributed by atoms with Crippen LogP contribution in [0.5, 0.6) is 0 Å². The second-order valence-corrected chi connectivity index (χ2v) is 5.13. The molecule has 0 aromatic carbocycles. The number of amides is 2. The van der Waals surface area contributed by atoms with Gasteiger partial charge in [0.15, 0.2) is 0 Å². The molecule has 1 aliphatic heterocycles. The van der Waals surface area contributed by atoms with Gasteiger partial charge in [-0.05, 0) is 12.2 Å². The smallest absolute Gasteiger partial charge is 0.319 e. The van der Waals surface area contributed by atoms with E-state index in [1.807, 2.05) is 11.8 Å². The van der Waals surface area contributed by atoms with E-state index in [-0.39, 0.29) is 19.0 Å². The van der Waals surface area contributed by atoms with Gasteiger partial charge >= 0.3 is 12.0 Å². The molecule has 1 fully saturated rings. The van der Waals surface area contributed by atoms with Crippen LogP contribution in [0.3, 0.4) is 0 Å². The average molecular weight is 246 g/mol. The van der Waals surface area contributed by atoms with Crippen molar-refractivity contribution in [3.8, 4) is 0 Å². The number of hydrogen-bond acceptors (Lipinski definition) is 3. The summed E-state index contributed by atoms with van der Waals surface area (Å²) in [6, 6.07) is 0.207. The van der Waals surface area contributed by atoms with Crippen LogP contribution in [0, 0.1) is 0 Å². The molecule has 0 aliphatic carbocycles. The first-order chi connectivity index (χ1) is 7.52. The van der Waals surface area contributed by atoms with Crippen LogP contribution in [0.4, 0.5) is 4.79 Å². The highest BCUT2D eigenvalue weighted by Gasteiger charge is 2.25. The van der Waals surface area contributed by atoms with Crippen LogP contribution in [-0.2, 0) is 4.79 Å². The van der Waals surface area contributed by atoms with Gasteiger partial charge < -0.3 is 14.9 Å². The van der Waals surface area contributed by atoms with Crippen molar-refractivity contribution in [2.75, 3.05) is 32.1 Å². The van der Waals surface area contributed by atoms with E-state index in [0.717, 1.165) is 17.9 Å². The molecule has 2 amide bonds. The summed E-state index contributed by atoms with van der Waals surface area (Å²) in [6.45, 7) is 0.262. The quantitative estimate of drug-likeness (QED) is 0.802. The fraction of sp³-hybridized carbons (Fsp3) is 0.800. The molecule has 1 saturated heterocycles. The third-order valence-corrected chi connectivity index (χ3v) is 3.89. The molecule has 0 saturated carbocycles. The van der Waals surface area contributed by atoms with Crippen molar-refractivity contribution in [1.82, 2.24) is 9.80 Å². The number of carboxylic acids is 1. The molecular formula is C10H18N2O3S. The van der Waals surface area contributed by atoms with E-state index in [4.69, 9.17) is 5.11 Å². The normalized spacial score (nSPS) is 19.5. The molecule has 6 heteroatoms.